The third-order valence-electron chi connectivity index (χ3n) is 13.7. The molecule has 12 rings (SSSR count). The minimum absolute atomic E-state index is 0.0516. The maximum absolute atomic E-state index is 6.48. The van der Waals surface area contributed by atoms with Crippen LogP contribution < -0.4 is 4.90 Å². The van der Waals surface area contributed by atoms with Crippen LogP contribution in [0.3, 0.4) is 0 Å². The van der Waals surface area contributed by atoms with Gasteiger partial charge in [0.2, 0.25) is 0 Å². The largest absolute Gasteiger partial charge is 0.456 e. The SMILES string of the molecule is CC1(C)c2ccccc2-c2ccc(-c3ccc(N(c4ccc5c(c4)C(C)(C)c4cc(-c6ccccc6)ccc4-5)c4ccc5oc6ccc7ccccc7c6c5c4)cc3)cc21. The number of rotatable bonds is 5. The van der Waals surface area contributed by atoms with E-state index in [0.29, 0.717) is 0 Å². The van der Waals surface area contributed by atoms with Gasteiger partial charge in [-0.2, -0.15) is 0 Å². The Morgan fingerprint density at radius 2 is 0.867 bits per heavy atom. The Hall–Kier alpha value is -7.16. The lowest BCUT2D eigenvalue weighted by Gasteiger charge is -2.28. The summed E-state index contributed by atoms with van der Waals surface area (Å²) in [5.41, 5.74) is 20.6. The zero-order valence-electron chi connectivity index (χ0n) is 34.3. The lowest BCUT2D eigenvalue weighted by molar-refractivity contribution is 0.660. The van der Waals surface area contributed by atoms with Crippen LogP contribution in [0.5, 0.6) is 0 Å². The van der Waals surface area contributed by atoms with Gasteiger partial charge in [-0.1, -0.05) is 155 Å². The van der Waals surface area contributed by atoms with Crippen molar-refractivity contribution in [3.63, 3.8) is 0 Å². The Bertz CT molecular complexity index is 3370. The van der Waals surface area contributed by atoms with Gasteiger partial charge >= 0.3 is 0 Å². The molecule has 0 fully saturated rings. The third kappa shape index (κ3) is 5.07. The number of nitrogens with zero attached hydrogens (tertiary/aromatic N) is 1. The van der Waals surface area contributed by atoms with Crippen LogP contribution in [0.4, 0.5) is 17.1 Å². The van der Waals surface area contributed by atoms with Crippen molar-refractivity contribution in [1.82, 2.24) is 0 Å². The van der Waals surface area contributed by atoms with E-state index in [1.807, 2.05) is 0 Å². The molecule has 0 unspecified atom stereocenters. The molecule has 1 aromatic heterocycles. The summed E-state index contributed by atoms with van der Waals surface area (Å²) in [7, 11) is 0. The van der Waals surface area contributed by atoms with E-state index in [0.717, 1.165) is 39.0 Å². The fourth-order valence-corrected chi connectivity index (χ4v) is 10.5. The monoisotopic (exact) mass is 769 g/mol. The summed E-state index contributed by atoms with van der Waals surface area (Å²) in [5, 5.41) is 4.68. The summed E-state index contributed by atoms with van der Waals surface area (Å²) in [6.45, 7) is 9.45. The van der Waals surface area contributed by atoms with Gasteiger partial charge in [-0.15, -0.1) is 0 Å². The Morgan fingerprint density at radius 1 is 0.350 bits per heavy atom. The van der Waals surface area contributed by atoms with E-state index in [1.165, 1.54) is 77.5 Å². The highest BCUT2D eigenvalue weighted by molar-refractivity contribution is 6.19. The Kier molecular flexibility index (Phi) is 7.36. The highest BCUT2D eigenvalue weighted by Crippen LogP contribution is 2.53. The summed E-state index contributed by atoms with van der Waals surface area (Å²) in [5.74, 6) is 0. The molecule has 0 bridgehead atoms. The second-order valence-electron chi connectivity index (χ2n) is 17.7. The van der Waals surface area contributed by atoms with Crippen LogP contribution in [0.25, 0.3) is 77.2 Å². The number of furan rings is 1. The molecule has 2 heteroatoms. The second-order valence-corrected chi connectivity index (χ2v) is 17.7. The first-order valence-corrected chi connectivity index (χ1v) is 21.1. The zero-order chi connectivity index (χ0) is 40.3. The van der Waals surface area contributed by atoms with E-state index >= 15 is 0 Å². The standard InChI is InChI=1S/C58H43NO/c1-57(2)50-17-11-10-16-45(50)46-27-21-40(33-51(46)57)37-18-23-41(24-19-37)59(42-26-31-54-49(34-42)56-44-15-9-8-14-38(44)22-30-55(56)60-54)43-25-29-48-47-28-20-39(36-12-6-5-7-13-36)32-52(47)58(3,4)53(48)35-43/h5-35H,1-4H3. The average Bonchev–Trinajstić information content (AvgIpc) is 3.86. The topological polar surface area (TPSA) is 16.4 Å². The number of hydrogen-bond donors (Lipinski definition) is 0. The first-order chi connectivity index (χ1) is 29.2. The van der Waals surface area contributed by atoms with Crippen molar-refractivity contribution in [1.29, 1.82) is 0 Å². The van der Waals surface area contributed by atoms with Gasteiger partial charge in [0.05, 0.1) is 0 Å². The van der Waals surface area contributed by atoms with Crippen molar-refractivity contribution >= 4 is 49.8 Å². The molecule has 60 heavy (non-hydrogen) atoms. The predicted molar refractivity (Wildman–Crippen MR) is 252 cm³/mol. The van der Waals surface area contributed by atoms with Crippen molar-refractivity contribution in [2.75, 3.05) is 4.90 Å². The van der Waals surface area contributed by atoms with Crippen molar-refractivity contribution in [2.45, 2.75) is 38.5 Å². The predicted octanol–water partition coefficient (Wildman–Crippen LogP) is 16.2. The lowest BCUT2D eigenvalue weighted by Crippen LogP contribution is -2.16. The smallest absolute Gasteiger partial charge is 0.136 e. The van der Waals surface area contributed by atoms with E-state index in [-0.39, 0.29) is 10.8 Å². The van der Waals surface area contributed by atoms with Crippen molar-refractivity contribution in [3.8, 4) is 44.5 Å². The summed E-state index contributed by atoms with van der Waals surface area (Å²) >= 11 is 0. The summed E-state index contributed by atoms with van der Waals surface area (Å²) in [4.78, 5) is 2.42. The van der Waals surface area contributed by atoms with Crippen molar-refractivity contribution in [2.24, 2.45) is 0 Å². The van der Waals surface area contributed by atoms with E-state index in [1.54, 1.807) is 0 Å². The zero-order valence-corrected chi connectivity index (χ0v) is 34.3. The minimum atomic E-state index is -0.189. The molecule has 0 N–H and O–H groups in total. The van der Waals surface area contributed by atoms with Crippen LogP contribution >= 0.6 is 0 Å². The van der Waals surface area contributed by atoms with Gasteiger partial charge < -0.3 is 9.32 Å². The molecule has 0 aliphatic heterocycles. The molecule has 2 nitrogen and oxygen atoms in total. The Balaban J connectivity index is 0.998. The number of anilines is 3. The van der Waals surface area contributed by atoms with Crippen LogP contribution in [0.2, 0.25) is 0 Å². The first kappa shape index (κ1) is 34.8. The second kappa shape index (κ2) is 12.7. The molecule has 286 valence electrons. The molecule has 0 atom stereocenters. The van der Waals surface area contributed by atoms with Crippen molar-refractivity contribution in [3.05, 3.63) is 210 Å². The maximum Gasteiger partial charge on any atom is 0.136 e. The fraction of sp³-hybridized carbons (Fsp3) is 0.103. The molecule has 9 aromatic carbocycles. The quantitative estimate of drug-likeness (QED) is 0.173. The molecule has 2 aliphatic carbocycles. The van der Waals surface area contributed by atoms with Gasteiger partial charge in [0.25, 0.3) is 0 Å². The van der Waals surface area contributed by atoms with Crippen LogP contribution in [0.1, 0.15) is 49.9 Å². The van der Waals surface area contributed by atoms with Gasteiger partial charge in [0, 0.05) is 38.7 Å². The van der Waals surface area contributed by atoms with Gasteiger partial charge in [-0.05, 0) is 138 Å². The number of fused-ring (bicyclic) bond motifs is 11. The van der Waals surface area contributed by atoms with Gasteiger partial charge in [0.15, 0.2) is 0 Å². The summed E-state index contributed by atoms with van der Waals surface area (Å²) < 4.78 is 6.48. The Labute approximate surface area is 351 Å². The summed E-state index contributed by atoms with van der Waals surface area (Å²) in [6, 6.07) is 69.4. The molecule has 0 saturated carbocycles. The third-order valence-corrected chi connectivity index (χ3v) is 13.7. The Morgan fingerprint density at radius 3 is 1.62 bits per heavy atom. The van der Waals surface area contributed by atoms with E-state index in [4.69, 9.17) is 4.42 Å². The molecule has 2 aliphatic rings. The highest BCUT2D eigenvalue weighted by Gasteiger charge is 2.37. The van der Waals surface area contributed by atoms with E-state index in [9.17, 15) is 0 Å². The molecule has 0 amide bonds. The molecule has 0 radical (unpaired) electrons. The normalized spacial score (nSPS) is 14.3. The molecule has 1 heterocycles. The molecular formula is C58H43NO. The number of hydrogen-bond acceptors (Lipinski definition) is 2. The molecule has 0 spiro atoms. The molecule has 10 aromatic rings. The van der Waals surface area contributed by atoms with Gasteiger partial charge in [0.1, 0.15) is 11.2 Å². The van der Waals surface area contributed by atoms with Crippen LogP contribution in [-0.2, 0) is 10.8 Å². The van der Waals surface area contributed by atoms with Crippen molar-refractivity contribution < 1.29 is 4.42 Å². The fourth-order valence-electron chi connectivity index (χ4n) is 10.5. The molecular weight excluding hydrogens is 727 g/mol. The average molecular weight is 770 g/mol. The van der Waals surface area contributed by atoms with E-state index < -0.39 is 0 Å². The number of benzene rings is 9. The first-order valence-electron chi connectivity index (χ1n) is 21.1. The lowest BCUT2D eigenvalue weighted by atomic mass is 9.81. The molecule has 0 saturated heterocycles. The van der Waals surface area contributed by atoms with Gasteiger partial charge in [-0.25, -0.2) is 0 Å². The van der Waals surface area contributed by atoms with Crippen LogP contribution in [-0.4, -0.2) is 0 Å². The maximum atomic E-state index is 6.48. The summed E-state index contributed by atoms with van der Waals surface area (Å²) in [6.07, 6.45) is 0. The highest BCUT2D eigenvalue weighted by atomic mass is 16.3. The van der Waals surface area contributed by atoms with Crippen LogP contribution in [0, 0.1) is 0 Å². The van der Waals surface area contributed by atoms with Crippen LogP contribution in [0.15, 0.2) is 192 Å². The minimum Gasteiger partial charge on any atom is -0.456 e. The van der Waals surface area contributed by atoms with E-state index in [2.05, 4.69) is 221 Å². The van der Waals surface area contributed by atoms with Gasteiger partial charge in [-0.3, -0.25) is 0 Å².